The molecule has 20 heavy (non-hydrogen) atoms. The first-order chi connectivity index (χ1) is 9.54. The van der Waals surface area contributed by atoms with Crippen LogP contribution in [0.3, 0.4) is 0 Å². The van der Waals surface area contributed by atoms with Gasteiger partial charge in [-0.15, -0.1) is 0 Å². The molecular formula is C17H27NO2. The SMILES string of the molecule is CC(C)Oc1ccc(C(O)CN(C)CC2CCC2)cc1. The Morgan fingerprint density at radius 1 is 1.25 bits per heavy atom. The smallest absolute Gasteiger partial charge is 0.119 e. The van der Waals surface area contributed by atoms with Crippen LogP contribution in [0.15, 0.2) is 24.3 Å². The van der Waals surface area contributed by atoms with E-state index in [1.807, 2.05) is 38.1 Å². The number of aliphatic hydroxyl groups excluding tert-OH is 1. The van der Waals surface area contributed by atoms with Crippen molar-refractivity contribution >= 4 is 0 Å². The van der Waals surface area contributed by atoms with Crippen LogP contribution in [0.4, 0.5) is 0 Å². The van der Waals surface area contributed by atoms with Gasteiger partial charge in [-0.2, -0.15) is 0 Å². The van der Waals surface area contributed by atoms with Crippen LogP contribution in [-0.4, -0.2) is 36.2 Å². The summed E-state index contributed by atoms with van der Waals surface area (Å²) in [5.74, 6) is 1.70. The molecule has 1 fully saturated rings. The molecule has 1 aromatic rings. The molecule has 2 rings (SSSR count). The third-order valence-electron chi connectivity index (χ3n) is 3.92. The minimum Gasteiger partial charge on any atom is -0.491 e. The molecule has 3 heteroatoms. The molecule has 1 atom stereocenters. The summed E-state index contributed by atoms with van der Waals surface area (Å²) in [7, 11) is 2.10. The fraction of sp³-hybridized carbons (Fsp3) is 0.647. The third-order valence-corrected chi connectivity index (χ3v) is 3.92. The number of rotatable bonds is 7. The average molecular weight is 277 g/mol. The number of likely N-dealkylation sites (N-methyl/N-ethyl adjacent to an activating group) is 1. The van der Waals surface area contributed by atoms with Crippen LogP contribution in [0.5, 0.6) is 5.75 Å². The van der Waals surface area contributed by atoms with Gasteiger partial charge in [0.15, 0.2) is 0 Å². The van der Waals surface area contributed by atoms with Gasteiger partial charge < -0.3 is 14.7 Å². The Hall–Kier alpha value is -1.06. The topological polar surface area (TPSA) is 32.7 Å². The number of hydrogen-bond donors (Lipinski definition) is 1. The molecule has 0 spiro atoms. The molecule has 1 aliphatic rings. The van der Waals surface area contributed by atoms with Gasteiger partial charge in [0, 0.05) is 13.1 Å². The van der Waals surface area contributed by atoms with E-state index < -0.39 is 6.10 Å². The number of benzene rings is 1. The Balaban J connectivity index is 1.83. The molecule has 1 unspecified atom stereocenters. The molecule has 3 nitrogen and oxygen atoms in total. The summed E-state index contributed by atoms with van der Waals surface area (Å²) in [5.41, 5.74) is 0.960. The Labute approximate surface area is 122 Å². The fourth-order valence-corrected chi connectivity index (χ4v) is 2.63. The van der Waals surface area contributed by atoms with E-state index in [1.165, 1.54) is 19.3 Å². The van der Waals surface area contributed by atoms with Gasteiger partial charge in [-0.1, -0.05) is 18.6 Å². The van der Waals surface area contributed by atoms with E-state index in [0.29, 0.717) is 6.54 Å². The van der Waals surface area contributed by atoms with Gasteiger partial charge in [0.05, 0.1) is 12.2 Å². The zero-order valence-electron chi connectivity index (χ0n) is 12.9. The second kappa shape index (κ2) is 7.09. The highest BCUT2D eigenvalue weighted by Gasteiger charge is 2.20. The van der Waals surface area contributed by atoms with E-state index in [4.69, 9.17) is 4.74 Å². The molecular weight excluding hydrogens is 250 g/mol. The van der Waals surface area contributed by atoms with Gasteiger partial charge >= 0.3 is 0 Å². The molecule has 1 aromatic carbocycles. The second-order valence-corrected chi connectivity index (χ2v) is 6.27. The van der Waals surface area contributed by atoms with E-state index >= 15 is 0 Å². The lowest BCUT2D eigenvalue weighted by atomic mass is 9.85. The van der Waals surface area contributed by atoms with Crippen LogP contribution in [0.25, 0.3) is 0 Å². The second-order valence-electron chi connectivity index (χ2n) is 6.27. The maximum Gasteiger partial charge on any atom is 0.119 e. The van der Waals surface area contributed by atoms with Crippen molar-refractivity contribution in [2.45, 2.75) is 45.3 Å². The van der Waals surface area contributed by atoms with Crippen LogP contribution in [0.1, 0.15) is 44.8 Å². The molecule has 0 radical (unpaired) electrons. The Morgan fingerprint density at radius 3 is 2.40 bits per heavy atom. The average Bonchev–Trinajstić information content (AvgIpc) is 2.34. The first-order valence-corrected chi connectivity index (χ1v) is 7.68. The summed E-state index contributed by atoms with van der Waals surface area (Å²) >= 11 is 0. The first kappa shape index (κ1) is 15.3. The van der Waals surface area contributed by atoms with Gasteiger partial charge in [-0.05, 0) is 57.4 Å². The normalized spacial score (nSPS) is 17.3. The summed E-state index contributed by atoms with van der Waals surface area (Å²) in [4.78, 5) is 2.24. The van der Waals surface area contributed by atoms with Gasteiger partial charge in [0.25, 0.3) is 0 Å². The van der Waals surface area contributed by atoms with Crippen molar-refractivity contribution in [1.82, 2.24) is 4.90 Å². The molecule has 0 amide bonds. The van der Waals surface area contributed by atoms with Gasteiger partial charge in [-0.3, -0.25) is 0 Å². The highest BCUT2D eigenvalue weighted by Crippen LogP contribution is 2.27. The lowest BCUT2D eigenvalue weighted by Gasteiger charge is -2.31. The predicted molar refractivity (Wildman–Crippen MR) is 82.0 cm³/mol. The molecule has 1 saturated carbocycles. The quantitative estimate of drug-likeness (QED) is 0.830. The minimum atomic E-state index is -0.423. The molecule has 0 aliphatic heterocycles. The summed E-state index contributed by atoms with van der Waals surface area (Å²) in [6, 6.07) is 7.79. The van der Waals surface area contributed by atoms with Crippen molar-refractivity contribution < 1.29 is 9.84 Å². The maximum absolute atomic E-state index is 10.3. The highest BCUT2D eigenvalue weighted by molar-refractivity contribution is 5.28. The van der Waals surface area contributed by atoms with Crippen molar-refractivity contribution in [2.24, 2.45) is 5.92 Å². The Kier molecular flexibility index (Phi) is 5.44. The molecule has 0 saturated heterocycles. The van der Waals surface area contributed by atoms with Crippen molar-refractivity contribution in [3.63, 3.8) is 0 Å². The van der Waals surface area contributed by atoms with Crippen LogP contribution in [0.2, 0.25) is 0 Å². The van der Waals surface area contributed by atoms with Gasteiger partial charge in [0.2, 0.25) is 0 Å². The number of hydrogen-bond acceptors (Lipinski definition) is 3. The number of aliphatic hydroxyl groups is 1. The highest BCUT2D eigenvalue weighted by atomic mass is 16.5. The van der Waals surface area contributed by atoms with Gasteiger partial charge in [-0.25, -0.2) is 0 Å². The molecule has 112 valence electrons. The zero-order valence-corrected chi connectivity index (χ0v) is 12.9. The lowest BCUT2D eigenvalue weighted by molar-refractivity contribution is 0.107. The van der Waals surface area contributed by atoms with E-state index in [1.54, 1.807) is 0 Å². The van der Waals surface area contributed by atoms with Crippen LogP contribution < -0.4 is 4.74 Å². The standard InChI is InChI=1S/C17H27NO2/c1-13(2)20-16-9-7-15(8-10-16)17(19)12-18(3)11-14-5-4-6-14/h7-10,13-14,17,19H,4-6,11-12H2,1-3H3. The monoisotopic (exact) mass is 277 g/mol. The summed E-state index contributed by atoms with van der Waals surface area (Å²) in [6.45, 7) is 5.82. The van der Waals surface area contributed by atoms with E-state index in [0.717, 1.165) is 23.8 Å². The predicted octanol–water partition coefficient (Wildman–Crippen LogP) is 3.24. The lowest BCUT2D eigenvalue weighted by Crippen LogP contribution is -2.32. The van der Waals surface area contributed by atoms with Crippen LogP contribution in [0, 0.1) is 5.92 Å². The number of ether oxygens (including phenoxy) is 1. The largest absolute Gasteiger partial charge is 0.491 e. The van der Waals surface area contributed by atoms with Crippen molar-refractivity contribution in [1.29, 1.82) is 0 Å². The summed E-state index contributed by atoms with van der Waals surface area (Å²) in [5, 5.41) is 10.3. The van der Waals surface area contributed by atoms with E-state index in [-0.39, 0.29) is 6.10 Å². The van der Waals surface area contributed by atoms with Crippen molar-refractivity contribution in [3.05, 3.63) is 29.8 Å². The van der Waals surface area contributed by atoms with Gasteiger partial charge in [0.1, 0.15) is 5.75 Å². The van der Waals surface area contributed by atoms with Crippen molar-refractivity contribution in [2.75, 3.05) is 20.1 Å². The van der Waals surface area contributed by atoms with E-state index in [2.05, 4.69) is 11.9 Å². The Bertz CT molecular complexity index is 398. The molecule has 0 aromatic heterocycles. The molecule has 0 bridgehead atoms. The van der Waals surface area contributed by atoms with Crippen molar-refractivity contribution in [3.8, 4) is 5.75 Å². The zero-order chi connectivity index (χ0) is 14.5. The Morgan fingerprint density at radius 2 is 1.90 bits per heavy atom. The first-order valence-electron chi connectivity index (χ1n) is 7.68. The molecule has 1 N–H and O–H groups in total. The number of nitrogens with zero attached hydrogens (tertiary/aromatic N) is 1. The van der Waals surface area contributed by atoms with E-state index in [9.17, 15) is 5.11 Å². The minimum absolute atomic E-state index is 0.180. The third kappa shape index (κ3) is 4.50. The molecule has 1 aliphatic carbocycles. The van der Waals surface area contributed by atoms with Crippen LogP contribution in [-0.2, 0) is 0 Å². The summed E-state index contributed by atoms with van der Waals surface area (Å²) < 4.78 is 5.61. The fourth-order valence-electron chi connectivity index (χ4n) is 2.63. The maximum atomic E-state index is 10.3. The molecule has 0 heterocycles. The van der Waals surface area contributed by atoms with Crippen LogP contribution >= 0.6 is 0 Å². The summed E-state index contributed by atoms with van der Waals surface area (Å²) in [6.07, 6.45) is 3.83.